The average molecular weight is 558 g/mol. The van der Waals surface area contributed by atoms with Crippen LogP contribution in [0.3, 0.4) is 0 Å². The maximum Gasteiger partial charge on any atom is 0.490 e. The fraction of sp³-hybridized carbons (Fsp3) is 0.300. The second-order valence-corrected chi connectivity index (χ2v) is 9.49. The van der Waals surface area contributed by atoms with Crippen LogP contribution in [0.15, 0.2) is 30.3 Å². The number of carbonyl (C=O) groups excluding carboxylic acids is 2. The number of aromatic nitrogens is 1. The van der Waals surface area contributed by atoms with Crippen molar-refractivity contribution in [3.63, 3.8) is 0 Å². The molecule has 17 heteroatoms. The van der Waals surface area contributed by atoms with Crippen molar-refractivity contribution < 1.29 is 54.3 Å². The van der Waals surface area contributed by atoms with Crippen molar-refractivity contribution in [1.29, 1.82) is 0 Å². The number of sulfone groups is 1. The number of halogens is 6. The zero-order valence-electron chi connectivity index (χ0n) is 18.8. The third kappa shape index (κ3) is 9.68. The van der Waals surface area contributed by atoms with Gasteiger partial charge in [0.15, 0.2) is 0 Å². The number of pyridine rings is 1. The third-order valence-electron chi connectivity index (χ3n) is 4.24. The highest BCUT2D eigenvalue weighted by Crippen LogP contribution is 2.33. The van der Waals surface area contributed by atoms with E-state index in [1.54, 1.807) is 0 Å². The molecule has 37 heavy (non-hydrogen) atoms. The largest absolute Gasteiger partial charge is 0.490 e. The lowest BCUT2D eigenvalue weighted by Gasteiger charge is -2.16. The van der Waals surface area contributed by atoms with Crippen molar-refractivity contribution >= 4 is 27.6 Å². The predicted molar refractivity (Wildman–Crippen MR) is 117 cm³/mol. The van der Waals surface area contributed by atoms with Crippen LogP contribution in [0.25, 0.3) is 11.3 Å². The molecule has 10 nitrogen and oxygen atoms in total. The zero-order valence-corrected chi connectivity index (χ0v) is 19.6. The molecule has 1 heterocycles. The summed E-state index contributed by atoms with van der Waals surface area (Å²) in [6, 6.07) is 5.83. The summed E-state index contributed by atoms with van der Waals surface area (Å²) in [5.41, 5.74) is 8.74. The van der Waals surface area contributed by atoms with E-state index in [1.165, 1.54) is 24.3 Å². The van der Waals surface area contributed by atoms with Crippen molar-refractivity contribution in [1.82, 2.24) is 10.3 Å². The Morgan fingerprint density at radius 2 is 1.59 bits per heavy atom. The predicted octanol–water partition coefficient (Wildman–Crippen LogP) is 1.73. The Labute approximate surface area is 205 Å². The number of nitrogens with two attached hydrogens (primary N) is 2. The molecule has 0 spiro atoms. The summed E-state index contributed by atoms with van der Waals surface area (Å²) < 4.78 is 94.0. The fourth-order valence-corrected chi connectivity index (χ4v) is 3.12. The highest BCUT2D eigenvalue weighted by molar-refractivity contribution is 7.90. The van der Waals surface area contributed by atoms with Crippen LogP contribution in [-0.4, -0.2) is 61.0 Å². The normalized spacial score (nSPS) is 11.8. The number of amides is 2. The fourth-order valence-electron chi connectivity index (χ4n) is 2.65. The molecular formula is C20H20F6N4O6S. The minimum absolute atomic E-state index is 0.0787. The Bertz CT molecular complexity index is 1280. The molecule has 1 aromatic carbocycles. The molecule has 204 valence electrons. The van der Waals surface area contributed by atoms with E-state index in [9.17, 15) is 44.3 Å². The number of hydrogen-bond donors (Lipinski definition) is 4. The lowest BCUT2D eigenvalue weighted by molar-refractivity contribution is -0.192. The van der Waals surface area contributed by atoms with Crippen molar-refractivity contribution in [2.75, 3.05) is 18.6 Å². The topological polar surface area (TPSA) is 183 Å². The first kappa shape index (κ1) is 31.3. The molecule has 0 radical (unpaired) electrons. The van der Waals surface area contributed by atoms with E-state index in [2.05, 4.69) is 10.3 Å². The van der Waals surface area contributed by atoms with Crippen LogP contribution in [-0.2, 0) is 27.4 Å². The highest BCUT2D eigenvalue weighted by Gasteiger charge is 2.38. The maximum atomic E-state index is 13.3. The Kier molecular flexibility index (Phi) is 10.2. The van der Waals surface area contributed by atoms with Crippen LogP contribution < -0.4 is 16.8 Å². The first-order valence-corrected chi connectivity index (χ1v) is 11.8. The maximum absolute atomic E-state index is 13.3. The van der Waals surface area contributed by atoms with Gasteiger partial charge in [-0.1, -0.05) is 6.07 Å². The summed E-state index contributed by atoms with van der Waals surface area (Å²) in [5.74, 6) is -4.88. The number of hydrogen-bond acceptors (Lipinski definition) is 7. The molecule has 0 saturated heterocycles. The van der Waals surface area contributed by atoms with Gasteiger partial charge >= 0.3 is 18.3 Å². The molecular weight excluding hydrogens is 538 g/mol. The third-order valence-corrected chi connectivity index (χ3v) is 5.19. The molecule has 6 N–H and O–H groups in total. The van der Waals surface area contributed by atoms with Gasteiger partial charge in [-0.3, -0.25) is 9.59 Å². The zero-order chi connectivity index (χ0) is 28.8. The lowest BCUT2D eigenvalue weighted by atomic mass is 9.95. The molecule has 0 fully saturated rings. The molecule has 1 aromatic heterocycles. The van der Waals surface area contributed by atoms with Gasteiger partial charge in [0.1, 0.15) is 15.5 Å². The minimum atomic E-state index is -5.08. The standard InChI is InChI=1S/C18H19F3N4O4S.C2HF3O2/c1-30(28,29)6-5-24-17(27)12-4-2-3-11(16(23)26)15(12)13-7-10(9-22)8-14(25-13)18(19,20)21;3-2(4,5)1(6)7/h2-4,7-8H,5-6,9,22H2,1H3,(H2,23,26)(H,24,27);(H,6,7). The number of aliphatic carboxylic acids is 1. The van der Waals surface area contributed by atoms with Gasteiger partial charge < -0.3 is 21.9 Å². The van der Waals surface area contributed by atoms with E-state index in [-0.39, 0.29) is 46.8 Å². The van der Waals surface area contributed by atoms with Crippen LogP contribution >= 0.6 is 0 Å². The molecule has 0 aliphatic carbocycles. The molecule has 0 saturated carbocycles. The van der Waals surface area contributed by atoms with Crippen molar-refractivity contribution in [2.24, 2.45) is 11.5 Å². The number of carboxylic acid groups (broad SMARTS) is 1. The average Bonchev–Trinajstić information content (AvgIpc) is 2.76. The Morgan fingerprint density at radius 3 is 2.03 bits per heavy atom. The van der Waals surface area contributed by atoms with Gasteiger partial charge in [0, 0.05) is 36.0 Å². The number of alkyl halides is 6. The molecule has 0 aliphatic rings. The second-order valence-electron chi connectivity index (χ2n) is 7.23. The molecule has 0 atom stereocenters. The first-order chi connectivity index (χ1) is 16.8. The Hall–Kier alpha value is -3.73. The van der Waals surface area contributed by atoms with Crippen LogP contribution in [0.4, 0.5) is 26.3 Å². The number of benzene rings is 1. The summed E-state index contributed by atoms with van der Waals surface area (Å²) in [6.45, 7) is -0.477. The van der Waals surface area contributed by atoms with Crippen LogP contribution in [0.2, 0.25) is 0 Å². The summed E-state index contributed by atoms with van der Waals surface area (Å²) in [5, 5.41) is 9.49. The number of carboxylic acids is 1. The molecule has 2 aromatic rings. The molecule has 2 amide bonds. The quantitative estimate of drug-likeness (QED) is 0.371. The molecule has 2 rings (SSSR count). The SMILES string of the molecule is CS(=O)(=O)CCNC(=O)c1cccc(C(N)=O)c1-c1cc(CN)cc(C(F)(F)F)n1.O=C(O)C(F)(F)F. The molecule has 0 bridgehead atoms. The number of rotatable bonds is 7. The minimum Gasteiger partial charge on any atom is -0.475 e. The number of primary amides is 1. The van der Waals surface area contributed by atoms with E-state index >= 15 is 0 Å². The summed E-state index contributed by atoms with van der Waals surface area (Å²) in [4.78, 5) is 37.0. The van der Waals surface area contributed by atoms with E-state index in [0.717, 1.165) is 12.3 Å². The van der Waals surface area contributed by atoms with E-state index < -0.39 is 45.7 Å². The highest BCUT2D eigenvalue weighted by atomic mass is 32.2. The Balaban J connectivity index is 0.000000856. The van der Waals surface area contributed by atoms with Crippen LogP contribution in [0, 0.1) is 0 Å². The summed E-state index contributed by atoms with van der Waals surface area (Å²) >= 11 is 0. The monoisotopic (exact) mass is 558 g/mol. The van der Waals surface area contributed by atoms with Gasteiger partial charge in [0.2, 0.25) is 5.91 Å². The molecule has 0 aliphatic heterocycles. The summed E-state index contributed by atoms with van der Waals surface area (Å²) in [7, 11) is -3.36. The van der Waals surface area contributed by atoms with E-state index in [4.69, 9.17) is 21.4 Å². The Morgan fingerprint density at radius 1 is 1.05 bits per heavy atom. The van der Waals surface area contributed by atoms with Gasteiger partial charge in [-0.15, -0.1) is 0 Å². The van der Waals surface area contributed by atoms with E-state index in [1.807, 2.05) is 0 Å². The van der Waals surface area contributed by atoms with Gasteiger partial charge in [0.05, 0.1) is 11.4 Å². The van der Waals surface area contributed by atoms with Crippen molar-refractivity contribution in [2.45, 2.75) is 18.9 Å². The lowest BCUT2D eigenvalue weighted by Crippen LogP contribution is -2.30. The number of nitrogens with one attached hydrogen (secondary N) is 1. The van der Waals surface area contributed by atoms with Gasteiger partial charge in [-0.05, 0) is 29.8 Å². The second kappa shape index (κ2) is 12.0. The number of carbonyl (C=O) groups is 3. The summed E-state index contributed by atoms with van der Waals surface area (Å²) in [6.07, 6.45) is -8.89. The van der Waals surface area contributed by atoms with Gasteiger partial charge in [-0.25, -0.2) is 18.2 Å². The molecule has 0 unspecified atom stereocenters. The van der Waals surface area contributed by atoms with Crippen LogP contribution in [0.1, 0.15) is 32.0 Å². The van der Waals surface area contributed by atoms with Gasteiger partial charge in [0.25, 0.3) is 5.91 Å². The van der Waals surface area contributed by atoms with Crippen molar-refractivity contribution in [3.05, 3.63) is 52.7 Å². The van der Waals surface area contributed by atoms with Crippen LogP contribution in [0.5, 0.6) is 0 Å². The number of nitrogens with zero attached hydrogens (tertiary/aromatic N) is 1. The van der Waals surface area contributed by atoms with Crippen molar-refractivity contribution in [3.8, 4) is 11.3 Å². The smallest absolute Gasteiger partial charge is 0.475 e. The first-order valence-electron chi connectivity index (χ1n) is 9.75. The van der Waals surface area contributed by atoms with Gasteiger partial charge in [-0.2, -0.15) is 26.3 Å². The van der Waals surface area contributed by atoms with E-state index in [0.29, 0.717) is 0 Å².